The van der Waals surface area contributed by atoms with E-state index in [0.717, 1.165) is 42.9 Å². The van der Waals surface area contributed by atoms with Crippen molar-refractivity contribution in [1.29, 1.82) is 5.41 Å². The largest absolute Gasteiger partial charge is 0.481 e. The lowest BCUT2D eigenvalue weighted by atomic mass is 9.52. The van der Waals surface area contributed by atoms with E-state index in [9.17, 15) is 5.11 Å². The number of fused-ring (bicyclic) bond motifs is 1. The van der Waals surface area contributed by atoms with E-state index in [1.165, 1.54) is 12.8 Å². The zero-order valence-corrected chi connectivity index (χ0v) is 15.9. The predicted octanol–water partition coefficient (Wildman–Crippen LogP) is 2.29. The topological polar surface area (TPSA) is 148 Å². The Morgan fingerprint density at radius 1 is 1.36 bits per heavy atom. The third-order valence-electron chi connectivity index (χ3n) is 6.43. The molecule has 6 rings (SSSR count). The summed E-state index contributed by atoms with van der Waals surface area (Å²) in [6, 6.07) is 2.33. The van der Waals surface area contributed by atoms with E-state index < -0.39 is 11.6 Å². The maximum absolute atomic E-state index is 10.8. The van der Waals surface area contributed by atoms with Gasteiger partial charge in [0.05, 0.1) is 16.9 Å². The fourth-order valence-electron chi connectivity index (χ4n) is 5.75. The standard InChI is InChI=1S/C18H23N5O.C2H4O2/c19-16(20)13-8-22-17-12(1-2-21-17)15(13)23-14-10-3-9-4-11(14)7-18(24,5-9)6-10;1-2(3)4/h1-2,8-11,14,24H,3-7H2,(H3,19,20)(H2,21,22,23);1H3,(H,3,4). The van der Waals surface area contributed by atoms with Crippen LogP contribution in [-0.2, 0) is 4.79 Å². The molecular weight excluding hydrogens is 358 g/mol. The number of aromatic amines is 1. The minimum Gasteiger partial charge on any atom is -0.481 e. The Hall–Kier alpha value is -2.61. The van der Waals surface area contributed by atoms with Gasteiger partial charge in [0, 0.05) is 30.7 Å². The average Bonchev–Trinajstić information content (AvgIpc) is 3.04. The number of hydrogen-bond acceptors (Lipinski definition) is 5. The highest BCUT2D eigenvalue weighted by Crippen LogP contribution is 2.56. The van der Waals surface area contributed by atoms with E-state index in [1.54, 1.807) is 6.20 Å². The molecule has 4 aliphatic carbocycles. The van der Waals surface area contributed by atoms with Gasteiger partial charge in [0.1, 0.15) is 11.5 Å². The first-order chi connectivity index (χ1) is 13.3. The van der Waals surface area contributed by atoms with Crippen molar-refractivity contribution in [1.82, 2.24) is 9.97 Å². The molecule has 0 amide bonds. The fourth-order valence-corrected chi connectivity index (χ4v) is 5.75. The molecule has 0 spiro atoms. The van der Waals surface area contributed by atoms with Crippen LogP contribution in [0.5, 0.6) is 0 Å². The molecule has 2 atom stereocenters. The second-order valence-corrected chi connectivity index (χ2v) is 8.58. The third kappa shape index (κ3) is 3.32. The number of rotatable bonds is 3. The second kappa shape index (κ2) is 6.77. The van der Waals surface area contributed by atoms with Crippen molar-refractivity contribution in [3.8, 4) is 0 Å². The number of pyridine rings is 1. The Kier molecular flexibility index (Phi) is 4.53. The van der Waals surface area contributed by atoms with Crippen molar-refractivity contribution < 1.29 is 15.0 Å². The van der Waals surface area contributed by atoms with E-state index in [1.807, 2.05) is 12.3 Å². The summed E-state index contributed by atoms with van der Waals surface area (Å²) in [4.78, 5) is 16.5. The third-order valence-corrected chi connectivity index (χ3v) is 6.43. The lowest BCUT2D eigenvalue weighted by Crippen LogP contribution is -2.59. The van der Waals surface area contributed by atoms with Crippen LogP contribution in [0, 0.1) is 23.2 Å². The van der Waals surface area contributed by atoms with Gasteiger partial charge in [0.25, 0.3) is 5.97 Å². The molecule has 4 saturated carbocycles. The van der Waals surface area contributed by atoms with Crippen molar-refractivity contribution >= 4 is 28.5 Å². The molecule has 150 valence electrons. The van der Waals surface area contributed by atoms with Gasteiger partial charge in [-0.2, -0.15) is 0 Å². The number of carbonyl (C=O) groups is 1. The van der Waals surface area contributed by atoms with Crippen LogP contribution in [0.25, 0.3) is 11.0 Å². The van der Waals surface area contributed by atoms with E-state index in [-0.39, 0.29) is 5.84 Å². The monoisotopic (exact) mass is 385 g/mol. The number of carboxylic acids is 1. The quantitative estimate of drug-likeness (QED) is 0.353. The van der Waals surface area contributed by atoms with Gasteiger partial charge in [-0.3, -0.25) is 10.2 Å². The number of aliphatic carboxylic acids is 1. The second-order valence-electron chi connectivity index (χ2n) is 8.58. The van der Waals surface area contributed by atoms with Crippen LogP contribution in [-0.4, -0.2) is 43.6 Å². The molecule has 4 bridgehead atoms. The highest BCUT2D eigenvalue weighted by Gasteiger charge is 2.54. The first kappa shape index (κ1) is 18.7. The number of aliphatic hydroxyl groups is 1. The summed E-state index contributed by atoms with van der Waals surface area (Å²) in [5, 5.41) is 30.8. The van der Waals surface area contributed by atoms with Crippen LogP contribution >= 0.6 is 0 Å². The lowest BCUT2D eigenvalue weighted by molar-refractivity contribution is -0.134. The first-order valence-corrected chi connectivity index (χ1v) is 9.74. The van der Waals surface area contributed by atoms with Gasteiger partial charge in [-0.05, 0) is 55.9 Å². The van der Waals surface area contributed by atoms with Gasteiger partial charge in [0.2, 0.25) is 0 Å². The number of H-pyrrole nitrogens is 1. The maximum atomic E-state index is 10.8. The number of anilines is 1. The van der Waals surface area contributed by atoms with Crippen LogP contribution in [0.1, 0.15) is 44.6 Å². The molecule has 2 aromatic heterocycles. The minimum absolute atomic E-state index is 0.0375. The molecule has 2 heterocycles. The van der Waals surface area contributed by atoms with Crippen molar-refractivity contribution in [3.05, 3.63) is 24.0 Å². The van der Waals surface area contributed by atoms with Crippen LogP contribution in [0.15, 0.2) is 18.5 Å². The number of nitrogens with two attached hydrogens (primary N) is 1. The molecular formula is C20H27N5O3. The SMILES string of the molecule is CC(=O)O.N=C(N)c1cnc2[nH]ccc2c1NC1C2CC3CC1CC(O)(C3)C2. The Morgan fingerprint density at radius 3 is 2.57 bits per heavy atom. The number of amidine groups is 1. The smallest absolute Gasteiger partial charge is 0.300 e. The van der Waals surface area contributed by atoms with Crippen LogP contribution in [0.4, 0.5) is 5.69 Å². The molecule has 7 N–H and O–H groups in total. The van der Waals surface area contributed by atoms with Crippen molar-refractivity contribution in [2.75, 3.05) is 5.32 Å². The molecule has 0 radical (unpaired) electrons. The van der Waals surface area contributed by atoms with Crippen molar-refractivity contribution in [2.45, 2.75) is 50.7 Å². The van der Waals surface area contributed by atoms with Gasteiger partial charge in [0.15, 0.2) is 0 Å². The van der Waals surface area contributed by atoms with E-state index in [0.29, 0.717) is 29.4 Å². The Balaban J connectivity index is 0.000000442. The molecule has 0 saturated heterocycles. The minimum atomic E-state index is -0.833. The molecule has 0 aliphatic heterocycles. The van der Waals surface area contributed by atoms with Gasteiger partial charge < -0.3 is 26.2 Å². The van der Waals surface area contributed by atoms with Gasteiger partial charge in [-0.25, -0.2) is 4.98 Å². The molecule has 4 fully saturated rings. The number of nitrogens with zero attached hydrogens (tertiary/aromatic N) is 1. The molecule has 0 aromatic carbocycles. The summed E-state index contributed by atoms with van der Waals surface area (Å²) in [5.74, 6) is 0.893. The van der Waals surface area contributed by atoms with Crippen LogP contribution in [0.3, 0.4) is 0 Å². The van der Waals surface area contributed by atoms with Crippen LogP contribution < -0.4 is 11.1 Å². The summed E-state index contributed by atoms with van der Waals surface area (Å²) in [6.45, 7) is 1.08. The molecule has 8 heteroatoms. The highest BCUT2D eigenvalue weighted by molar-refractivity contribution is 6.07. The van der Waals surface area contributed by atoms with Gasteiger partial charge in [-0.1, -0.05) is 0 Å². The zero-order chi connectivity index (χ0) is 20.1. The number of nitrogens with one attached hydrogen (secondary N) is 3. The number of hydrogen-bond donors (Lipinski definition) is 6. The van der Waals surface area contributed by atoms with Crippen molar-refractivity contribution in [3.63, 3.8) is 0 Å². The molecule has 2 unspecified atom stereocenters. The Bertz CT molecular complexity index is 904. The van der Waals surface area contributed by atoms with E-state index >= 15 is 0 Å². The highest BCUT2D eigenvalue weighted by atomic mass is 16.4. The molecule has 28 heavy (non-hydrogen) atoms. The summed E-state index contributed by atoms with van der Waals surface area (Å²) in [6.07, 6.45) is 8.73. The zero-order valence-electron chi connectivity index (χ0n) is 15.9. The Morgan fingerprint density at radius 2 is 2.00 bits per heavy atom. The predicted molar refractivity (Wildman–Crippen MR) is 106 cm³/mol. The first-order valence-electron chi connectivity index (χ1n) is 9.74. The number of carboxylic acid groups (broad SMARTS) is 1. The summed E-state index contributed by atoms with van der Waals surface area (Å²) in [7, 11) is 0. The van der Waals surface area contributed by atoms with Crippen LogP contribution in [0.2, 0.25) is 0 Å². The van der Waals surface area contributed by atoms with Crippen molar-refractivity contribution in [2.24, 2.45) is 23.5 Å². The summed E-state index contributed by atoms with van der Waals surface area (Å²) in [5.41, 5.74) is 7.75. The Labute approximate surface area is 163 Å². The fraction of sp³-hybridized carbons (Fsp3) is 0.550. The number of nitrogen functional groups attached to an aromatic ring is 1. The number of aromatic nitrogens is 2. The molecule has 2 aromatic rings. The average molecular weight is 385 g/mol. The van der Waals surface area contributed by atoms with Gasteiger partial charge >= 0.3 is 0 Å². The lowest BCUT2D eigenvalue weighted by Gasteiger charge is -2.58. The molecule has 8 nitrogen and oxygen atoms in total. The van der Waals surface area contributed by atoms with E-state index in [4.69, 9.17) is 21.0 Å². The maximum Gasteiger partial charge on any atom is 0.300 e. The summed E-state index contributed by atoms with van der Waals surface area (Å²) < 4.78 is 0. The van der Waals surface area contributed by atoms with Gasteiger partial charge in [-0.15, -0.1) is 0 Å². The summed E-state index contributed by atoms with van der Waals surface area (Å²) >= 11 is 0. The molecule has 4 aliphatic rings. The van der Waals surface area contributed by atoms with E-state index in [2.05, 4.69) is 15.3 Å². The normalized spacial score (nSPS) is 32.6.